The van der Waals surface area contributed by atoms with Crippen LogP contribution in [0.4, 0.5) is 0 Å². The van der Waals surface area contributed by atoms with Gasteiger partial charge in [0.1, 0.15) is 6.10 Å². The highest BCUT2D eigenvalue weighted by Crippen LogP contribution is 2.16. The van der Waals surface area contributed by atoms with Gasteiger partial charge in [-0.2, -0.15) is 0 Å². The third kappa shape index (κ3) is 6.51. The number of ether oxygens (including phenoxy) is 2. The summed E-state index contributed by atoms with van der Waals surface area (Å²) >= 11 is 0. The fourth-order valence-electron chi connectivity index (χ4n) is 3.25. The van der Waals surface area contributed by atoms with Crippen LogP contribution in [0.2, 0.25) is 0 Å². The second-order valence-corrected chi connectivity index (χ2v) is 9.05. The van der Waals surface area contributed by atoms with Crippen LogP contribution in [-0.2, 0) is 24.3 Å². The zero-order chi connectivity index (χ0) is 18.3. The highest BCUT2D eigenvalue weighted by molar-refractivity contribution is 7.89. The van der Waals surface area contributed by atoms with Crippen molar-refractivity contribution < 1.29 is 22.7 Å². The molecule has 2 rings (SSSR count). The molecule has 0 bridgehead atoms. The molecular weight excluding hydrogens is 344 g/mol. The standard InChI is InChI=1S/C17H32N2O5S/c1-3-12-25(21,22)19-9-7-15(8-10-19)18-17(20)14(2)24-13-16-6-4-5-11-23-16/h14-16H,3-13H2,1-2H3,(H,18,20). The van der Waals surface area contributed by atoms with Gasteiger partial charge in [0.15, 0.2) is 0 Å². The lowest BCUT2D eigenvalue weighted by molar-refractivity contribution is -0.136. The van der Waals surface area contributed by atoms with Gasteiger partial charge in [0.05, 0.1) is 18.5 Å². The van der Waals surface area contributed by atoms with Gasteiger partial charge in [0.25, 0.3) is 0 Å². The lowest BCUT2D eigenvalue weighted by atomic mass is 10.1. The monoisotopic (exact) mass is 376 g/mol. The zero-order valence-electron chi connectivity index (χ0n) is 15.4. The van der Waals surface area contributed by atoms with Gasteiger partial charge >= 0.3 is 0 Å². The number of hydrogen-bond donors (Lipinski definition) is 1. The van der Waals surface area contributed by atoms with Crippen molar-refractivity contribution >= 4 is 15.9 Å². The fourth-order valence-corrected chi connectivity index (χ4v) is 4.79. The molecule has 0 spiro atoms. The summed E-state index contributed by atoms with van der Waals surface area (Å²) in [6.07, 6.45) is 4.72. The molecule has 2 saturated heterocycles. The summed E-state index contributed by atoms with van der Waals surface area (Å²) in [6.45, 7) is 5.77. The van der Waals surface area contributed by atoms with Gasteiger partial charge in [-0.1, -0.05) is 6.92 Å². The lowest BCUT2D eigenvalue weighted by Gasteiger charge is -2.32. The third-order valence-electron chi connectivity index (χ3n) is 4.83. The van der Waals surface area contributed by atoms with Crippen molar-refractivity contribution in [3.05, 3.63) is 0 Å². The average Bonchev–Trinajstić information content (AvgIpc) is 2.61. The Labute approximate surface area is 151 Å². The molecule has 2 heterocycles. The molecule has 2 unspecified atom stereocenters. The van der Waals surface area contributed by atoms with E-state index in [1.165, 1.54) is 0 Å². The number of piperidine rings is 1. The zero-order valence-corrected chi connectivity index (χ0v) is 16.2. The fraction of sp³-hybridized carbons (Fsp3) is 0.941. The maximum atomic E-state index is 12.3. The lowest BCUT2D eigenvalue weighted by Crippen LogP contribution is -2.49. The maximum absolute atomic E-state index is 12.3. The van der Waals surface area contributed by atoms with Gasteiger partial charge < -0.3 is 14.8 Å². The molecule has 25 heavy (non-hydrogen) atoms. The van der Waals surface area contributed by atoms with Gasteiger partial charge in [-0.25, -0.2) is 12.7 Å². The minimum absolute atomic E-state index is 0.0116. The Bertz CT molecular complexity index is 511. The van der Waals surface area contributed by atoms with Crippen molar-refractivity contribution in [3.63, 3.8) is 0 Å². The molecule has 7 nitrogen and oxygen atoms in total. The van der Waals surface area contributed by atoms with Crippen LogP contribution in [0, 0.1) is 0 Å². The number of rotatable bonds is 8. The Hall–Kier alpha value is -0.700. The van der Waals surface area contributed by atoms with Crippen molar-refractivity contribution in [2.45, 2.75) is 70.6 Å². The Morgan fingerprint density at radius 1 is 1.28 bits per heavy atom. The number of amides is 1. The molecule has 2 aliphatic heterocycles. The highest BCUT2D eigenvalue weighted by atomic mass is 32.2. The Morgan fingerprint density at radius 2 is 2.00 bits per heavy atom. The van der Waals surface area contributed by atoms with E-state index in [0.717, 1.165) is 25.9 Å². The number of nitrogens with zero attached hydrogens (tertiary/aromatic N) is 1. The van der Waals surface area contributed by atoms with Crippen LogP contribution in [0.15, 0.2) is 0 Å². The second-order valence-electron chi connectivity index (χ2n) is 6.96. The molecule has 8 heteroatoms. The molecule has 2 atom stereocenters. The Kier molecular flexibility index (Phi) is 8.12. The molecule has 0 aliphatic carbocycles. The van der Waals surface area contributed by atoms with Crippen molar-refractivity contribution in [3.8, 4) is 0 Å². The van der Waals surface area contributed by atoms with Crippen LogP contribution >= 0.6 is 0 Å². The second kappa shape index (κ2) is 9.85. The summed E-state index contributed by atoms with van der Waals surface area (Å²) in [5, 5.41) is 2.98. The topological polar surface area (TPSA) is 84.9 Å². The minimum atomic E-state index is -3.14. The highest BCUT2D eigenvalue weighted by Gasteiger charge is 2.29. The molecule has 0 aromatic rings. The van der Waals surface area contributed by atoms with Crippen molar-refractivity contribution in [2.24, 2.45) is 0 Å². The summed E-state index contributed by atoms with van der Waals surface area (Å²) in [6, 6.07) is 0.0116. The minimum Gasteiger partial charge on any atom is -0.376 e. The first kappa shape index (κ1) is 20.6. The van der Waals surface area contributed by atoms with E-state index in [1.807, 2.05) is 6.92 Å². The largest absolute Gasteiger partial charge is 0.376 e. The molecular formula is C17H32N2O5S. The first-order chi connectivity index (χ1) is 11.9. The van der Waals surface area contributed by atoms with E-state index in [4.69, 9.17) is 9.47 Å². The molecule has 2 fully saturated rings. The first-order valence-electron chi connectivity index (χ1n) is 9.43. The van der Waals surface area contributed by atoms with Crippen LogP contribution in [-0.4, -0.2) is 68.9 Å². The quantitative estimate of drug-likeness (QED) is 0.690. The third-order valence-corrected chi connectivity index (χ3v) is 6.91. The van der Waals surface area contributed by atoms with Crippen molar-refractivity contribution in [2.75, 3.05) is 32.1 Å². The normalized spacial score (nSPS) is 24.8. The van der Waals surface area contributed by atoms with Gasteiger partial charge in [-0.15, -0.1) is 0 Å². The van der Waals surface area contributed by atoms with Crippen LogP contribution < -0.4 is 5.32 Å². The molecule has 0 aromatic carbocycles. The van der Waals surface area contributed by atoms with E-state index in [2.05, 4.69) is 5.32 Å². The van der Waals surface area contributed by atoms with E-state index in [1.54, 1.807) is 11.2 Å². The summed E-state index contributed by atoms with van der Waals surface area (Å²) in [7, 11) is -3.14. The first-order valence-corrected chi connectivity index (χ1v) is 11.0. The van der Waals surface area contributed by atoms with Crippen LogP contribution in [0.5, 0.6) is 0 Å². The predicted octanol–water partition coefficient (Wildman–Crippen LogP) is 1.28. The molecule has 1 N–H and O–H groups in total. The van der Waals surface area contributed by atoms with E-state index >= 15 is 0 Å². The Morgan fingerprint density at radius 3 is 2.60 bits per heavy atom. The maximum Gasteiger partial charge on any atom is 0.249 e. The summed E-state index contributed by atoms with van der Waals surface area (Å²) < 4.78 is 36.9. The average molecular weight is 377 g/mol. The smallest absolute Gasteiger partial charge is 0.249 e. The van der Waals surface area contributed by atoms with E-state index in [9.17, 15) is 13.2 Å². The van der Waals surface area contributed by atoms with Crippen LogP contribution in [0.1, 0.15) is 52.4 Å². The summed E-state index contributed by atoms with van der Waals surface area (Å²) in [4.78, 5) is 12.3. The van der Waals surface area contributed by atoms with E-state index in [0.29, 0.717) is 39.0 Å². The molecule has 146 valence electrons. The van der Waals surface area contributed by atoms with Crippen LogP contribution in [0.25, 0.3) is 0 Å². The molecule has 2 aliphatic rings. The number of carbonyl (C=O) groups is 1. The van der Waals surface area contributed by atoms with Crippen molar-refractivity contribution in [1.82, 2.24) is 9.62 Å². The number of carbonyl (C=O) groups excluding carboxylic acids is 1. The van der Waals surface area contributed by atoms with E-state index in [-0.39, 0.29) is 23.8 Å². The van der Waals surface area contributed by atoms with Crippen molar-refractivity contribution in [1.29, 1.82) is 0 Å². The molecule has 1 amide bonds. The number of hydrogen-bond acceptors (Lipinski definition) is 5. The molecule has 0 aromatic heterocycles. The van der Waals surface area contributed by atoms with Gasteiger partial charge in [0.2, 0.25) is 15.9 Å². The van der Waals surface area contributed by atoms with Gasteiger partial charge in [-0.05, 0) is 45.4 Å². The SMILES string of the molecule is CCCS(=O)(=O)N1CCC(NC(=O)C(C)OCC2CCCCO2)CC1. The van der Waals surface area contributed by atoms with E-state index < -0.39 is 16.1 Å². The summed E-state index contributed by atoms with van der Waals surface area (Å²) in [5.74, 6) is 0.0590. The van der Waals surface area contributed by atoms with Crippen LogP contribution in [0.3, 0.4) is 0 Å². The summed E-state index contributed by atoms with van der Waals surface area (Å²) in [5.41, 5.74) is 0. The number of nitrogens with one attached hydrogen (secondary N) is 1. The van der Waals surface area contributed by atoms with Gasteiger partial charge in [0, 0.05) is 25.7 Å². The Balaban J connectivity index is 1.68. The van der Waals surface area contributed by atoms with Gasteiger partial charge in [-0.3, -0.25) is 4.79 Å². The predicted molar refractivity (Wildman–Crippen MR) is 95.8 cm³/mol. The molecule has 0 radical (unpaired) electrons. The molecule has 0 saturated carbocycles. The number of sulfonamides is 1.